The molecule has 1 aromatic carbocycles. The minimum absolute atomic E-state index is 0.482. The van der Waals surface area contributed by atoms with Crippen molar-refractivity contribution in [3.63, 3.8) is 0 Å². The lowest BCUT2D eigenvalue weighted by molar-refractivity contribution is 0.147. The summed E-state index contributed by atoms with van der Waals surface area (Å²) >= 11 is 0. The first-order chi connectivity index (χ1) is 10.3. The third kappa shape index (κ3) is 4.55. The second-order valence-corrected chi connectivity index (χ2v) is 4.75. The van der Waals surface area contributed by atoms with Crippen LogP contribution in [0.1, 0.15) is 18.9 Å². The van der Waals surface area contributed by atoms with Crippen LogP contribution in [0, 0.1) is 0 Å². The molecule has 0 aliphatic heterocycles. The van der Waals surface area contributed by atoms with E-state index in [1.165, 1.54) is 0 Å². The van der Waals surface area contributed by atoms with Crippen LogP contribution in [0.2, 0.25) is 0 Å². The first kappa shape index (κ1) is 15.5. The average Bonchev–Trinajstić information content (AvgIpc) is 2.55. The Morgan fingerprint density at radius 3 is 2.67 bits per heavy atom. The number of anilines is 1. The van der Waals surface area contributed by atoms with Gasteiger partial charge in [-0.1, -0.05) is 36.4 Å². The van der Waals surface area contributed by atoms with Crippen LogP contribution in [0.5, 0.6) is 0 Å². The summed E-state index contributed by atoms with van der Waals surface area (Å²) in [6.45, 7) is 4.84. The highest BCUT2D eigenvalue weighted by atomic mass is 16.5. The van der Waals surface area contributed by atoms with Gasteiger partial charge in [0.25, 0.3) is 0 Å². The Bertz CT molecular complexity index is 543. The van der Waals surface area contributed by atoms with Gasteiger partial charge in [-0.05, 0) is 19.4 Å². The van der Waals surface area contributed by atoms with Crippen LogP contribution in [0.15, 0.2) is 42.5 Å². The van der Waals surface area contributed by atoms with Crippen LogP contribution in [-0.2, 0) is 11.3 Å². The van der Waals surface area contributed by atoms with Gasteiger partial charge in [0.05, 0.1) is 5.69 Å². The largest absolute Gasteiger partial charge is 0.382 e. The molecule has 2 rings (SSSR count). The predicted molar refractivity (Wildman–Crippen MR) is 87.2 cm³/mol. The molecular weight excluding hydrogens is 262 g/mol. The number of nitrogens with zero attached hydrogens (tertiary/aromatic N) is 1. The molecule has 4 heteroatoms. The molecule has 0 spiro atoms. The molecular formula is C17H23N3O. The molecule has 112 valence electrons. The van der Waals surface area contributed by atoms with Crippen molar-refractivity contribution in [2.75, 3.05) is 25.1 Å². The van der Waals surface area contributed by atoms with E-state index in [9.17, 15) is 0 Å². The standard InChI is InChI=1S/C17H23N3O/c1-2-21-12-6-11-19-17-15(13-18)9-10-16(20-17)14-7-4-3-5-8-14/h3-5,7-10H,2,6,11-13,18H2,1H3,(H,19,20). The van der Waals surface area contributed by atoms with Gasteiger partial charge in [0.2, 0.25) is 0 Å². The molecule has 3 N–H and O–H groups in total. The minimum atomic E-state index is 0.482. The Hall–Kier alpha value is -1.91. The second kappa shape index (κ2) is 8.39. The van der Waals surface area contributed by atoms with E-state index in [0.29, 0.717) is 6.54 Å². The van der Waals surface area contributed by atoms with Crippen molar-refractivity contribution in [3.8, 4) is 11.3 Å². The summed E-state index contributed by atoms with van der Waals surface area (Å²) in [4.78, 5) is 4.70. The fourth-order valence-corrected chi connectivity index (χ4v) is 2.10. The van der Waals surface area contributed by atoms with E-state index in [1.54, 1.807) is 0 Å². The summed E-state index contributed by atoms with van der Waals surface area (Å²) in [5.74, 6) is 0.871. The lowest BCUT2D eigenvalue weighted by atomic mass is 10.1. The SMILES string of the molecule is CCOCCCNc1nc(-c2ccccc2)ccc1CN. The number of aromatic nitrogens is 1. The quantitative estimate of drug-likeness (QED) is 0.732. The van der Waals surface area contributed by atoms with Crippen molar-refractivity contribution in [2.24, 2.45) is 5.73 Å². The smallest absolute Gasteiger partial charge is 0.131 e. The monoisotopic (exact) mass is 285 g/mol. The van der Waals surface area contributed by atoms with E-state index >= 15 is 0 Å². The van der Waals surface area contributed by atoms with Crippen LogP contribution in [0.4, 0.5) is 5.82 Å². The van der Waals surface area contributed by atoms with Gasteiger partial charge in [-0.3, -0.25) is 0 Å². The van der Waals surface area contributed by atoms with Gasteiger partial charge in [-0.25, -0.2) is 4.98 Å². The molecule has 0 unspecified atom stereocenters. The topological polar surface area (TPSA) is 60.2 Å². The van der Waals surface area contributed by atoms with Gasteiger partial charge in [0.1, 0.15) is 5.82 Å². The minimum Gasteiger partial charge on any atom is -0.382 e. The highest BCUT2D eigenvalue weighted by Gasteiger charge is 2.05. The maximum Gasteiger partial charge on any atom is 0.131 e. The fraction of sp³-hybridized carbons (Fsp3) is 0.353. The fourth-order valence-electron chi connectivity index (χ4n) is 2.10. The number of ether oxygens (including phenoxy) is 1. The first-order valence-corrected chi connectivity index (χ1v) is 7.42. The zero-order valence-electron chi connectivity index (χ0n) is 12.5. The molecule has 0 atom stereocenters. The van der Waals surface area contributed by atoms with E-state index < -0.39 is 0 Å². The Balaban J connectivity index is 2.07. The summed E-state index contributed by atoms with van der Waals surface area (Å²) in [6.07, 6.45) is 0.953. The van der Waals surface area contributed by atoms with E-state index in [4.69, 9.17) is 15.5 Å². The van der Waals surface area contributed by atoms with Crippen LogP contribution in [0.3, 0.4) is 0 Å². The number of hydrogen-bond donors (Lipinski definition) is 2. The second-order valence-electron chi connectivity index (χ2n) is 4.75. The molecule has 1 heterocycles. The van der Waals surface area contributed by atoms with E-state index in [0.717, 1.165) is 48.8 Å². The van der Waals surface area contributed by atoms with Crippen LogP contribution in [0.25, 0.3) is 11.3 Å². The summed E-state index contributed by atoms with van der Waals surface area (Å²) in [5, 5.41) is 3.36. The highest BCUT2D eigenvalue weighted by molar-refractivity contribution is 5.62. The molecule has 0 saturated carbocycles. The Morgan fingerprint density at radius 1 is 1.14 bits per heavy atom. The van der Waals surface area contributed by atoms with Crippen molar-refractivity contribution in [1.82, 2.24) is 4.98 Å². The van der Waals surface area contributed by atoms with Crippen molar-refractivity contribution >= 4 is 5.82 Å². The van der Waals surface area contributed by atoms with Gasteiger partial charge in [-0.15, -0.1) is 0 Å². The molecule has 0 bridgehead atoms. The molecule has 0 radical (unpaired) electrons. The van der Waals surface area contributed by atoms with Gasteiger partial charge in [0, 0.05) is 37.4 Å². The van der Waals surface area contributed by atoms with Crippen molar-refractivity contribution in [2.45, 2.75) is 19.9 Å². The number of nitrogens with one attached hydrogen (secondary N) is 1. The third-order valence-corrected chi connectivity index (χ3v) is 3.23. The lowest BCUT2D eigenvalue weighted by Crippen LogP contribution is -2.11. The Kier molecular flexibility index (Phi) is 6.19. The molecule has 0 aliphatic rings. The summed E-state index contributed by atoms with van der Waals surface area (Å²) in [6, 6.07) is 14.2. The van der Waals surface area contributed by atoms with Crippen LogP contribution in [-0.4, -0.2) is 24.7 Å². The third-order valence-electron chi connectivity index (χ3n) is 3.23. The van der Waals surface area contributed by atoms with E-state index in [1.807, 2.05) is 37.3 Å². The number of pyridine rings is 1. The lowest BCUT2D eigenvalue weighted by Gasteiger charge is -2.12. The molecule has 4 nitrogen and oxygen atoms in total. The first-order valence-electron chi connectivity index (χ1n) is 7.42. The zero-order valence-corrected chi connectivity index (χ0v) is 12.5. The maximum atomic E-state index is 5.79. The van der Waals surface area contributed by atoms with Crippen molar-refractivity contribution in [3.05, 3.63) is 48.0 Å². The number of benzene rings is 1. The molecule has 0 amide bonds. The molecule has 0 saturated heterocycles. The normalized spacial score (nSPS) is 10.6. The highest BCUT2D eigenvalue weighted by Crippen LogP contribution is 2.21. The molecule has 1 aromatic heterocycles. The number of hydrogen-bond acceptors (Lipinski definition) is 4. The van der Waals surface area contributed by atoms with E-state index in [2.05, 4.69) is 17.4 Å². The van der Waals surface area contributed by atoms with Crippen LogP contribution < -0.4 is 11.1 Å². The Labute approximate surface area is 126 Å². The van der Waals surface area contributed by atoms with Gasteiger partial charge in [0.15, 0.2) is 0 Å². The van der Waals surface area contributed by atoms with E-state index in [-0.39, 0.29) is 0 Å². The molecule has 21 heavy (non-hydrogen) atoms. The molecule has 2 aromatic rings. The maximum absolute atomic E-state index is 5.79. The molecule has 0 aliphatic carbocycles. The number of nitrogens with two attached hydrogens (primary N) is 1. The summed E-state index contributed by atoms with van der Waals surface area (Å²) in [7, 11) is 0. The van der Waals surface area contributed by atoms with Gasteiger partial charge < -0.3 is 15.8 Å². The van der Waals surface area contributed by atoms with Gasteiger partial charge in [-0.2, -0.15) is 0 Å². The van der Waals surface area contributed by atoms with Crippen molar-refractivity contribution < 1.29 is 4.74 Å². The van der Waals surface area contributed by atoms with Gasteiger partial charge >= 0.3 is 0 Å². The number of rotatable bonds is 8. The summed E-state index contributed by atoms with van der Waals surface area (Å²) < 4.78 is 5.34. The average molecular weight is 285 g/mol. The zero-order chi connectivity index (χ0) is 14.9. The summed E-state index contributed by atoms with van der Waals surface area (Å²) in [5.41, 5.74) is 8.89. The van der Waals surface area contributed by atoms with Crippen molar-refractivity contribution in [1.29, 1.82) is 0 Å². The predicted octanol–water partition coefficient (Wildman–Crippen LogP) is 3.05. The molecule has 0 fully saturated rings. The Morgan fingerprint density at radius 2 is 1.95 bits per heavy atom. The van der Waals surface area contributed by atoms with Crippen LogP contribution >= 0.6 is 0 Å².